The quantitative estimate of drug-likeness (QED) is 0.713. The van der Waals surface area contributed by atoms with Crippen LogP contribution in [0, 0.1) is 5.92 Å². The van der Waals surface area contributed by atoms with Gasteiger partial charge in [-0.05, 0) is 25.7 Å². The molecule has 0 aromatic carbocycles. The van der Waals surface area contributed by atoms with Crippen molar-refractivity contribution < 1.29 is 9.47 Å². The summed E-state index contributed by atoms with van der Waals surface area (Å²) in [6, 6.07) is 1.85. The second-order valence-corrected chi connectivity index (χ2v) is 5.10. The van der Waals surface area contributed by atoms with E-state index < -0.39 is 0 Å². The third-order valence-corrected chi connectivity index (χ3v) is 2.69. The minimum atomic E-state index is 0.415. The molecule has 0 aliphatic heterocycles. The highest BCUT2D eigenvalue weighted by atomic mass is 16.5. The van der Waals surface area contributed by atoms with Crippen LogP contribution in [-0.2, 0) is 11.3 Å². The molecule has 5 heteroatoms. The first-order valence-corrected chi connectivity index (χ1v) is 7.48. The van der Waals surface area contributed by atoms with Gasteiger partial charge in [-0.2, -0.15) is 4.98 Å². The Labute approximate surface area is 122 Å². The number of hydrogen-bond acceptors (Lipinski definition) is 5. The first-order valence-electron chi connectivity index (χ1n) is 7.48. The van der Waals surface area contributed by atoms with Gasteiger partial charge in [-0.3, -0.25) is 0 Å². The van der Waals surface area contributed by atoms with Gasteiger partial charge in [0, 0.05) is 19.2 Å². The SMILES string of the molecule is CCCNc1cc(OCCC(C)C)nc(COCC)n1. The van der Waals surface area contributed by atoms with Gasteiger partial charge in [-0.25, -0.2) is 4.98 Å². The molecule has 0 amide bonds. The molecule has 114 valence electrons. The Kier molecular flexibility index (Phi) is 7.95. The molecule has 1 rings (SSSR count). The summed E-state index contributed by atoms with van der Waals surface area (Å²) < 4.78 is 11.1. The highest BCUT2D eigenvalue weighted by Gasteiger charge is 2.06. The van der Waals surface area contributed by atoms with Crippen LogP contribution in [-0.4, -0.2) is 29.7 Å². The fraction of sp³-hybridized carbons (Fsp3) is 0.733. The van der Waals surface area contributed by atoms with E-state index in [9.17, 15) is 0 Å². The molecule has 5 nitrogen and oxygen atoms in total. The molecule has 20 heavy (non-hydrogen) atoms. The van der Waals surface area contributed by atoms with Gasteiger partial charge in [0.15, 0.2) is 5.82 Å². The number of anilines is 1. The highest BCUT2D eigenvalue weighted by Crippen LogP contribution is 2.15. The molecule has 0 aliphatic carbocycles. The number of hydrogen-bond donors (Lipinski definition) is 1. The Hall–Kier alpha value is -1.36. The Morgan fingerprint density at radius 1 is 1.25 bits per heavy atom. The number of rotatable bonds is 10. The lowest BCUT2D eigenvalue weighted by Crippen LogP contribution is -2.09. The van der Waals surface area contributed by atoms with Crippen LogP contribution in [0.4, 0.5) is 5.82 Å². The van der Waals surface area contributed by atoms with Crippen LogP contribution in [0.5, 0.6) is 5.88 Å². The van der Waals surface area contributed by atoms with Gasteiger partial charge in [0.25, 0.3) is 0 Å². The smallest absolute Gasteiger partial charge is 0.218 e. The van der Waals surface area contributed by atoms with Crippen LogP contribution in [0.1, 0.15) is 46.4 Å². The molecular formula is C15H27N3O2. The lowest BCUT2D eigenvalue weighted by molar-refractivity contribution is 0.127. The summed E-state index contributed by atoms with van der Waals surface area (Å²) in [6.07, 6.45) is 2.07. The predicted molar refractivity (Wildman–Crippen MR) is 81.1 cm³/mol. The van der Waals surface area contributed by atoms with Crippen molar-refractivity contribution in [3.8, 4) is 5.88 Å². The molecule has 0 spiro atoms. The molecule has 1 aromatic heterocycles. The molecule has 1 N–H and O–H groups in total. The van der Waals surface area contributed by atoms with E-state index in [0.717, 1.165) is 25.2 Å². The summed E-state index contributed by atoms with van der Waals surface area (Å²) >= 11 is 0. The van der Waals surface area contributed by atoms with Crippen molar-refractivity contribution in [3.63, 3.8) is 0 Å². The van der Waals surface area contributed by atoms with E-state index >= 15 is 0 Å². The fourth-order valence-corrected chi connectivity index (χ4v) is 1.55. The van der Waals surface area contributed by atoms with Gasteiger partial charge in [0.1, 0.15) is 12.4 Å². The maximum atomic E-state index is 5.71. The van der Waals surface area contributed by atoms with Gasteiger partial charge in [-0.15, -0.1) is 0 Å². The minimum absolute atomic E-state index is 0.415. The van der Waals surface area contributed by atoms with E-state index in [4.69, 9.17) is 9.47 Å². The van der Waals surface area contributed by atoms with Crippen LogP contribution < -0.4 is 10.1 Å². The molecule has 1 heterocycles. The van der Waals surface area contributed by atoms with Gasteiger partial charge >= 0.3 is 0 Å². The number of nitrogens with zero attached hydrogens (tertiary/aromatic N) is 2. The van der Waals surface area contributed by atoms with Crippen LogP contribution in [0.25, 0.3) is 0 Å². The topological polar surface area (TPSA) is 56.3 Å². The van der Waals surface area contributed by atoms with Crippen molar-refractivity contribution in [1.29, 1.82) is 0 Å². The largest absolute Gasteiger partial charge is 0.478 e. The third-order valence-electron chi connectivity index (χ3n) is 2.69. The number of nitrogens with one attached hydrogen (secondary N) is 1. The Bertz CT molecular complexity index is 357. The Morgan fingerprint density at radius 2 is 2.05 bits per heavy atom. The summed E-state index contributed by atoms with van der Waals surface area (Å²) in [5.41, 5.74) is 0. The van der Waals surface area contributed by atoms with Crippen molar-refractivity contribution in [2.75, 3.05) is 25.1 Å². The maximum absolute atomic E-state index is 5.71. The first kappa shape index (κ1) is 16.7. The van der Waals surface area contributed by atoms with Gasteiger partial charge in [0.05, 0.1) is 6.61 Å². The Balaban J connectivity index is 2.68. The molecule has 0 atom stereocenters. The predicted octanol–water partition coefficient (Wildman–Crippen LogP) is 3.26. The average Bonchev–Trinajstić information content (AvgIpc) is 2.42. The molecular weight excluding hydrogens is 254 g/mol. The van der Waals surface area contributed by atoms with E-state index in [-0.39, 0.29) is 0 Å². The first-order chi connectivity index (χ1) is 9.65. The number of aromatic nitrogens is 2. The van der Waals surface area contributed by atoms with Crippen molar-refractivity contribution in [2.24, 2.45) is 5.92 Å². The van der Waals surface area contributed by atoms with Gasteiger partial charge in [-0.1, -0.05) is 20.8 Å². The second kappa shape index (κ2) is 9.53. The van der Waals surface area contributed by atoms with Crippen molar-refractivity contribution in [1.82, 2.24) is 9.97 Å². The van der Waals surface area contributed by atoms with Gasteiger partial charge < -0.3 is 14.8 Å². The standard InChI is InChI=1S/C15H27N3O2/c1-5-8-16-13-10-15(20-9-7-12(3)4)18-14(17-13)11-19-6-2/h10,12H,5-9,11H2,1-4H3,(H,16,17,18). The van der Waals surface area contributed by atoms with E-state index in [1.807, 2.05) is 13.0 Å². The van der Waals surface area contributed by atoms with E-state index in [1.165, 1.54) is 0 Å². The lowest BCUT2D eigenvalue weighted by Gasteiger charge is -2.11. The highest BCUT2D eigenvalue weighted by molar-refractivity contribution is 5.38. The van der Waals surface area contributed by atoms with Crippen LogP contribution in [0.3, 0.4) is 0 Å². The average molecular weight is 281 g/mol. The fourth-order valence-electron chi connectivity index (χ4n) is 1.55. The summed E-state index contributed by atoms with van der Waals surface area (Å²) in [7, 11) is 0. The Morgan fingerprint density at radius 3 is 2.70 bits per heavy atom. The molecule has 0 fully saturated rings. The molecule has 0 saturated carbocycles. The van der Waals surface area contributed by atoms with Crippen molar-refractivity contribution in [2.45, 2.75) is 47.1 Å². The molecule has 0 saturated heterocycles. The molecule has 0 bridgehead atoms. The molecule has 0 aliphatic rings. The van der Waals surface area contributed by atoms with Crippen LogP contribution in [0.15, 0.2) is 6.07 Å². The third kappa shape index (κ3) is 6.70. The number of ether oxygens (including phenoxy) is 2. The maximum Gasteiger partial charge on any atom is 0.218 e. The normalized spacial score (nSPS) is 10.8. The van der Waals surface area contributed by atoms with Gasteiger partial charge in [0.2, 0.25) is 5.88 Å². The zero-order chi connectivity index (χ0) is 14.8. The summed E-state index contributed by atoms with van der Waals surface area (Å²) in [5, 5.41) is 3.26. The van der Waals surface area contributed by atoms with Crippen LogP contribution >= 0.6 is 0 Å². The summed E-state index contributed by atoms with van der Waals surface area (Å²) in [5.74, 6) is 2.70. The van der Waals surface area contributed by atoms with E-state index in [0.29, 0.717) is 37.4 Å². The zero-order valence-corrected chi connectivity index (χ0v) is 13.1. The van der Waals surface area contributed by atoms with E-state index in [2.05, 4.69) is 36.1 Å². The van der Waals surface area contributed by atoms with E-state index in [1.54, 1.807) is 0 Å². The van der Waals surface area contributed by atoms with Crippen molar-refractivity contribution in [3.05, 3.63) is 11.9 Å². The minimum Gasteiger partial charge on any atom is -0.478 e. The molecule has 0 unspecified atom stereocenters. The molecule has 1 aromatic rings. The second-order valence-electron chi connectivity index (χ2n) is 5.10. The van der Waals surface area contributed by atoms with Crippen LogP contribution in [0.2, 0.25) is 0 Å². The summed E-state index contributed by atoms with van der Waals surface area (Å²) in [4.78, 5) is 8.80. The van der Waals surface area contributed by atoms with Crippen molar-refractivity contribution >= 4 is 5.82 Å². The summed E-state index contributed by atoms with van der Waals surface area (Å²) in [6.45, 7) is 11.1. The lowest BCUT2D eigenvalue weighted by atomic mass is 10.1. The monoisotopic (exact) mass is 281 g/mol. The zero-order valence-electron chi connectivity index (χ0n) is 13.1. The molecule has 0 radical (unpaired) electrons.